The lowest BCUT2D eigenvalue weighted by molar-refractivity contribution is -0.151. The number of anilines is 2. The lowest BCUT2D eigenvalue weighted by Gasteiger charge is -2.35. The van der Waals surface area contributed by atoms with Gasteiger partial charge in [0.05, 0.1) is 18.5 Å². The van der Waals surface area contributed by atoms with Crippen LogP contribution in [0.1, 0.15) is 11.1 Å². The van der Waals surface area contributed by atoms with Crippen LogP contribution in [0.3, 0.4) is 0 Å². The number of aromatic nitrogens is 2. The van der Waals surface area contributed by atoms with E-state index in [-0.39, 0.29) is 38.5 Å². The van der Waals surface area contributed by atoms with E-state index in [0.29, 0.717) is 5.82 Å². The van der Waals surface area contributed by atoms with Crippen molar-refractivity contribution in [1.29, 1.82) is 0 Å². The number of nitrogens with zero attached hydrogens (tertiary/aromatic N) is 4. The monoisotopic (exact) mass is 453 g/mol. The average Bonchev–Trinajstić information content (AvgIpc) is 2.79. The maximum absolute atomic E-state index is 12.8. The van der Waals surface area contributed by atoms with E-state index in [0.717, 1.165) is 27.7 Å². The Morgan fingerprint density at radius 3 is 2.61 bits per heavy atom. The fourth-order valence-electron chi connectivity index (χ4n) is 3.83. The third-order valence-corrected chi connectivity index (χ3v) is 5.47. The van der Waals surface area contributed by atoms with Gasteiger partial charge in [-0.15, -0.1) is 6.42 Å². The number of hydrogen-bond acceptors (Lipinski definition) is 5. The zero-order valence-electron chi connectivity index (χ0n) is 17.8. The molecule has 0 radical (unpaired) electrons. The van der Waals surface area contributed by atoms with Gasteiger partial charge >= 0.3 is 6.18 Å². The highest BCUT2D eigenvalue weighted by molar-refractivity contribution is 5.92. The molecule has 0 bridgehead atoms. The van der Waals surface area contributed by atoms with Gasteiger partial charge in [-0.3, -0.25) is 9.69 Å². The highest BCUT2D eigenvalue weighted by Gasteiger charge is 2.32. The minimum absolute atomic E-state index is 0.117. The van der Waals surface area contributed by atoms with Gasteiger partial charge in [0, 0.05) is 42.8 Å². The van der Waals surface area contributed by atoms with Crippen molar-refractivity contribution < 1.29 is 18.0 Å². The van der Waals surface area contributed by atoms with Crippen LogP contribution in [0.25, 0.3) is 10.9 Å². The van der Waals surface area contributed by atoms with Gasteiger partial charge < -0.3 is 10.2 Å². The van der Waals surface area contributed by atoms with Crippen LogP contribution in [0.5, 0.6) is 0 Å². The summed E-state index contributed by atoms with van der Waals surface area (Å²) < 4.78 is 37.7. The number of rotatable bonds is 5. The minimum Gasteiger partial charge on any atom is -0.340 e. The molecule has 2 aromatic carbocycles. The van der Waals surface area contributed by atoms with Crippen molar-refractivity contribution in [1.82, 2.24) is 19.8 Å². The van der Waals surface area contributed by atoms with Gasteiger partial charge in [0.25, 0.3) is 0 Å². The molecule has 1 aromatic heterocycles. The quantitative estimate of drug-likeness (QED) is 0.599. The van der Waals surface area contributed by atoms with E-state index in [2.05, 4.69) is 21.2 Å². The molecule has 1 aliphatic heterocycles. The van der Waals surface area contributed by atoms with E-state index in [4.69, 9.17) is 6.42 Å². The second-order valence-electron chi connectivity index (χ2n) is 7.87. The molecule has 0 aliphatic carbocycles. The van der Waals surface area contributed by atoms with E-state index in [1.807, 2.05) is 42.5 Å². The summed E-state index contributed by atoms with van der Waals surface area (Å²) in [5.74, 6) is 3.06. The van der Waals surface area contributed by atoms with Gasteiger partial charge in [0.2, 0.25) is 5.91 Å². The minimum atomic E-state index is -4.23. The summed E-state index contributed by atoms with van der Waals surface area (Å²) in [5, 5.41) is 4.00. The smallest absolute Gasteiger partial charge is 0.340 e. The molecule has 2 heterocycles. The molecular formula is C24H22F3N5O. The van der Waals surface area contributed by atoms with E-state index in [1.54, 1.807) is 4.90 Å². The van der Waals surface area contributed by atoms with Crippen molar-refractivity contribution in [2.24, 2.45) is 0 Å². The molecule has 1 fully saturated rings. The number of piperazine rings is 1. The van der Waals surface area contributed by atoms with Crippen molar-refractivity contribution in [3.63, 3.8) is 0 Å². The number of amides is 1. The van der Waals surface area contributed by atoms with Crippen molar-refractivity contribution in [3.05, 3.63) is 59.9 Å². The van der Waals surface area contributed by atoms with Gasteiger partial charge in [-0.1, -0.05) is 18.1 Å². The fourth-order valence-corrected chi connectivity index (χ4v) is 3.83. The van der Waals surface area contributed by atoms with Crippen LogP contribution in [-0.4, -0.2) is 64.6 Å². The van der Waals surface area contributed by atoms with Gasteiger partial charge in [-0.25, -0.2) is 9.97 Å². The zero-order chi connectivity index (χ0) is 23.4. The first-order chi connectivity index (χ1) is 15.8. The second-order valence-corrected chi connectivity index (χ2v) is 7.87. The summed E-state index contributed by atoms with van der Waals surface area (Å²) in [6, 6.07) is 12.9. The number of halogens is 3. The Morgan fingerprint density at radius 1 is 1.09 bits per heavy atom. The molecule has 0 spiro atoms. The van der Waals surface area contributed by atoms with Gasteiger partial charge in [0.15, 0.2) is 0 Å². The van der Waals surface area contributed by atoms with E-state index < -0.39 is 12.7 Å². The summed E-state index contributed by atoms with van der Waals surface area (Å²) in [4.78, 5) is 24.3. The summed E-state index contributed by atoms with van der Waals surface area (Å²) in [6.45, 7) is 0.0385. The Bertz CT molecular complexity index is 1200. The predicted molar refractivity (Wildman–Crippen MR) is 120 cm³/mol. The fraction of sp³-hybridized carbons (Fsp3) is 0.292. The molecule has 1 aliphatic rings. The summed E-state index contributed by atoms with van der Waals surface area (Å²) in [5.41, 5.74) is 3.02. The molecule has 6 nitrogen and oxygen atoms in total. The molecule has 0 saturated carbocycles. The molecular weight excluding hydrogens is 431 g/mol. The number of alkyl halides is 3. The van der Waals surface area contributed by atoms with Gasteiger partial charge in [-0.2, -0.15) is 13.2 Å². The third kappa shape index (κ3) is 5.79. The molecule has 1 N–H and O–H groups in total. The SMILES string of the molecule is C#Cc1cccc(Nc2ncnc3ccc(CC(=O)N4CCN(CC(F)(F)F)CC4)cc23)c1. The average molecular weight is 453 g/mol. The highest BCUT2D eigenvalue weighted by Crippen LogP contribution is 2.25. The number of hydrogen-bond donors (Lipinski definition) is 1. The Hall–Kier alpha value is -3.64. The molecule has 9 heteroatoms. The van der Waals surface area contributed by atoms with Crippen LogP contribution in [0.15, 0.2) is 48.8 Å². The van der Waals surface area contributed by atoms with Crippen LogP contribution < -0.4 is 5.32 Å². The topological polar surface area (TPSA) is 61.4 Å². The number of terminal acetylenes is 1. The molecule has 3 aromatic rings. The lowest BCUT2D eigenvalue weighted by Crippen LogP contribution is -2.51. The highest BCUT2D eigenvalue weighted by atomic mass is 19.4. The Kier molecular flexibility index (Phi) is 6.47. The van der Waals surface area contributed by atoms with Crippen molar-refractivity contribution in [2.45, 2.75) is 12.6 Å². The molecule has 0 unspecified atom stereocenters. The normalized spacial score (nSPS) is 14.8. The molecule has 4 rings (SSSR count). The summed E-state index contributed by atoms with van der Waals surface area (Å²) >= 11 is 0. The first kappa shape index (κ1) is 22.6. The Morgan fingerprint density at radius 2 is 1.88 bits per heavy atom. The predicted octanol–water partition coefficient (Wildman–Crippen LogP) is 3.60. The Balaban J connectivity index is 1.46. The summed E-state index contributed by atoms with van der Waals surface area (Å²) in [6.07, 6.45) is 2.85. The molecule has 33 heavy (non-hydrogen) atoms. The first-order valence-electron chi connectivity index (χ1n) is 10.4. The second kappa shape index (κ2) is 9.46. The lowest BCUT2D eigenvalue weighted by atomic mass is 10.1. The number of benzene rings is 2. The standard InChI is InChI=1S/C24H22F3N5O/c1-2-17-4-3-5-19(12-17)30-23-20-13-18(6-7-21(20)28-16-29-23)14-22(33)32-10-8-31(9-11-32)15-24(25,26)27/h1,3-7,12-13,16H,8-11,14-15H2,(H,28,29,30). The van der Waals surface area contributed by atoms with E-state index in [9.17, 15) is 18.0 Å². The van der Waals surface area contributed by atoms with E-state index >= 15 is 0 Å². The number of nitrogens with one attached hydrogen (secondary N) is 1. The van der Waals surface area contributed by atoms with E-state index in [1.165, 1.54) is 11.2 Å². The maximum Gasteiger partial charge on any atom is 0.401 e. The number of carbonyl (C=O) groups excluding carboxylic acids is 1. The van der Waals surface area contributed by atoms with Gasteiger partial charge in [0.1, 0.15) is 12.1 Å². The van der Waals surface area contributed by atoms with Crippen LogP contribution in [-0.2, 0) is 11.2 Å². The molecule has 170 valence electrons. The molecule has 0 atom stereocenters. The largest absolute Gasteiger partial charge is 0.401 e. The number of fused-ring (bicyclic) bond motifs is 1. The first-order valence-corrected chi connectivity index (χ1v) is 10.4. The van der Waals surface area contributed by atoms with Crippen LogP contribution in [0.4, 0.5) is 24.7 Å². The third-order valence-electron chi connectivity index (χ3n) is 5.47. The number of carbonyl (C=O) groups is 1. The molecule has 1 amide bonds. The van der Waals surface area contributed by atoms with Crippen molar-refractivity contribution in [3.8, 4) is 12.3 Å². The Labute approximate surface area is 189 Å². The van der Waals surface area contributed by atoms with Gasteiger partial charge in [-0.05, 0) is 35.9 Å². The maximum atomic E-state index is 12.8. The van der Waals surface area contributed by atoms with Crippen molar-refractivity contribution in [2.75, 3.05) is 38.0 Å². The summed E-state index contributed by atoms with van der Waals surface area (Å²) in [7, 11) is 0. The van der Waals surface area contributed by atoms with Crippen LogP contribution in [0, 0.1) is 12.3 Å². The van der Waals surface area contributed by atoms with Crippen LogP contribution in [0.2, 0.25) is 0 Å². The molecule has 1 saturated heterocycles. The van der Waals surface area contributed by atoms with Crippen molar-refractivity contribution >= 4 is 28.3 Å². The van der Waals surface area contributed by atoms with Crippen LogP contribution >= 0.6 is 0 Å². The zero-order valence-corrected chi connectivity index (χ0v) is 17.8.